The highest BCUT2D eigenvalue weighted by Crippen LogP contribution is 2.47. The number of carbonyl (C=O) groups excluding carboxylic acids is 2. The van der Waals surface area contributed by atoms with Gasteiger partial charge in [-0.1, -0.05) is 11.3 Å². The Hall–Kier alpha value is -3.96. The number of ketones is 1. The number of amides is 1. The Balaban J connectivity index is 1.57. The number of aromatic nitrogens is 1. The number of benzene rings is 3. The molecule has 11 heteroatoms. The monoisotopic (exact) mass is 610 g/mol. The highest BCUT2D eigenvalue weighted by molar-refractivity contribution is 9.10. The SMILES string of the molecule is COc1cc(C2C(=C(O)c3ccc4c(c3)CC(C)O4)C(=O)C(=O)N2c2nc3ccc(F)cc3s2)cc(Br)c1O. The van der Waals surface area contributed by atoms with Crippen molar-refractivity contribution < 1.29 is 33.7 Å². The van der Waals surface area contributed by atoms with Crippen molar-refractivity contribution in [2.45, 2.75) is 25.5 Å². The van der Waals surface area contributed by atoms with Gasteiger partial charge in [-0.3, -0.25) is 14.5 Å². The molecular weight excluding hydrogens is 591 g/mol. The van der Waals surface area contributed by atoms with Crippen LogP contribution in [0.2, 0.25) is 0 Å². The van der Waals surface area contributed by atoms with Crippen LogP contribution in [0.5, 0.6) is 17.2 Å². The van der Waals surface area contributed by atoms with Crippen LogP contribution in [0.4, 0.5) is 9.52 Å². The number of halogens is 2. The van der Waals surface area contributed by atoms with E-state index in [1.807, 2.05) is 6.92 Å². The van der Waals surface area contributed by atoms with Crippen molar-refractivity contribution in [1.29, 1.82) is 0 Å². The van der Waals surface area contributed by atoms with Gasteiger partial charge in [0.1, 0.15) is 23.4 Å². The second-order valence-electron chi connectivity index (χ2n) is 9.29. The van der Waals surface area contributed by atoms with E-state index in [0.29, 0.717) is 33.5 Å². The van der Waals surface area contributed by atoms with E-state index in [4.69, 9.17) is 9.47 Å². The molecule has 3 aromatic carbocycles. The van der Waals surface area contributed by atoms with E-state index >= 15 is 0 Å². The van der Waals surface area contributed by atoms with Crippen molar-refractivity contribution in [3.63, 3.8) is 0 Å². The fraction of sp³-hybridized carbons (Fsp3) is 0.179. The lowest BCUT2D eigenvalue weighted by Gasteiger charge is -2.24. The number of aliphatic hydroxyl groups excluding tert-OH is 1. The van der Waals surface area contributed by atoms with E-state index in [2.05, 4.69) is 20.9 Å². The Bertz CT molecular complexity index is 1730. The number of ether oxygens (including phenoxy) is 2. The maximum absolute atomic E-state index is 13.9. The smallest absolute Gasteiger partial charge is 0.301 e. The van der Waals surface area contributed by atoms with Gasteiger partial charge in [0.05, 0.1) is 33.4 Å². The molecule has 2 aliphatic rings. The molecule has 2 atom stereocenters. The summed E-state index contributed by atoms with van der Waals surface area (Å²) in [4.78, 5) is 32.7. The van der Waals surface area contributed by atoms with Crippen molar-refractivity contribution in [2.75, 3.05) is 12.0 Å². The first-order valence-electron chi connectivity index (χ1n) is 11.9. The molecule has 0 spiro atoms. The fourth-order valence-corrected chi connectivity index (χ4v) is 6.44. The first-order valence-corrected chi connectivity index (χ1v) is 13.5. The van der Waals surface area contributed by atoms with Gasteiger partial charge in [-0.15, -0.1) is 0 Å². The lowest BCUT2D eigenvalue weighted by molar-refractivity contribution is -0.132. The molecule has 2 unspecified atom stereocenters. The molecule has 8 nitrogen and oxygen atoms in total. The number of phenolic OH excluding ortho intramolecular Hbond substituents is 1. The Labute approximate surface area is 234 Å². The highest BCUT2D eigenvalue weighted by Gasteiger charge is 2.48. The molecule has 0 aliphatic carbocycles. The predicted molar refractivity (Wildman–Crippen MR) is 147 cm³/mol. The minimum absolute atomic E-state index is 0.0198. The van der Waals surface area contributed by atoms with Crippen molar-refractivity contribution in [2.24, 2.45) is 0 Å². The molecule has 0 bridgehead atoms. The van der Waals surface area contributed by atoms with Crippen LogP contribution in [-0.2, 0) is 16.0 Å². The molecule has 1 aromatic heterocycles. The molecule has 3 heterocycles. The molecule has 1 amide bonds. The number of nitrogens with zero attached hydrogens (tertiary/aromatic N) is 2. The number of rotatable bonds is 4. The Kier molecular flexibility index (Phi) is 6.07. The van der Waals surface area contributed by atoms with Gasteiger partial charge < -0.3 is 19.7 Å². The number of phenols is 1. The summed E-state index contributed by atoms with van der Waals surface area (Å²) < 4.78 is 25.7. The van der Waals surface area contributed by atoms with Gasteiger partial charge in [-0.05, 0) is 82.5 Å². The van der Waals surface area contributed by atoms with Crippen LogP contribution >= 0.6 is 27.3 Å². The second kappa shape index (κ2) is 9.35. The third kappa shape index (κ3) is 4.12. The largest absolute Gasteiger partial charge is 0.507 e. The minimum Gasteiger partial charge on any atom is -0.507 e. The first-order chi connectivity index (χ1) is 18.7. The van der Waals surface area contributed by atoms with Crippen molar-refractivity contribution >= 4 is 60.1 Å². The minimum atomic E-state index is -1.12. The number of Topliss-reactive ketones (excluding diaryl/α,β-unsaturated/α-hetero) is 1. The number of hydrogen-bond donors (Lipinski definition) is 2. The predicted octanol–water partition coefficient (Wildman–Crippen LogP) is 5.86. The molecular formula is C28H20BrFN2O6S. The summed E-state index contributed by atoms with van der Waals surface area (Å²) in [5.74, 6) is -2.00. The van der Waals surface area contributed by atoms with E-state index in [9.17, 15) is 24.2 Å². The number of fused-ring (bicyclic) bond motifs is 2. The van der Waals surface area contributed by atoms with Gasteiger partial charge in [0.15, 0.2) is 16.6 Å². The number of aliphatic hydroxyl groups is 1. The average Bonchev–Trinajstić information content (AvgIpc) is 3.57. The maximum Gasteiger partial charge on any atom is 0.301 e. The van der Waals surface area contributed by atoms with Crippen LogP contribution in [-0.4, -0.2) is 40.1 Å². The Morgan fingerprint density at radius 1 is 1.21 bits per heavy atom. The lowest BCUT2D eigenvalue weighted by Crippen LogP contribution is -2.29. The Morgan fingerprint density at radius 3 is 2.77 bits per heavy atom. The third-order valence-electron chi connectivity index (χ3n) is 6.75. The quantitative estimate of drug-likeness (QED) is 0.169. The standard InChI is InChI=1S/C28H20BrFN2O6S/c1-12-7-14-8-13(3-6-19(14)38-12)24(33)22-23(15-9-17(29)25(34)20(10-15)37-2)32(27(36)26(22)35)28-31-18-5-4-16(30)11-21(18)39-28/h3-6,8-12,23,33-34H,7H2,1-2H3. The zero-order valence-electron chi connectivity index (χ0n) is 20.6. The van der Waals surface area contributed by atoms with Gasteiger partial charge in [0, 0.05) is 12.0 Å². The van der Waals surface area contributed by atoms with Crippen LogP contribution in [0, 0.1) is 5.82 Å². The summed E-state index contributed by atoms with van der Waals surface area (Å²) >= 11 is 4.35. The molecule has 0 saturated carbocycles. The molecule has 6 rings (SSSR count). The van der Waals surface area contributed by atoms with Crippen LogP contribution in [0.1, 0.15) is 29.7 Å². The van der Waals surface area contributed by atoms with Crippen molar-refractivity contribution in [1.82, 2.24) is 4.98 Å². The number of carbonyl (C=O) groups is 2. The van der Waals surface area contributed by atoms with Crippen LogP contribution in [0.3, 0.4) is 0 Å². The van der Waals surface area contributed by atoms with E-state index in [-0.39, 0.29) is 38.5 Å². The van der Waals surface area contributed by atoms with E-state index < -0.39 is 23.5 Å². The Morgan fingerprint density at radius 2 is 2.00 bits per heavy atom. The third-order valence-corrected chi connectivity index (χ3v) is 8.37. The molecule has 198 valence electrons. The van der Waals surface area contributed by atoms with E-state index in [1.165, 1.54) is 36.3 Å². The second-order valence-corrected chi connectivity index (χ2v) is 11.1. The van der Waals surface area contributed by atoms with Gasteiger partial charge in [-0.2, -0.15) is 0 Å². The summed E-state index contributed by atoms with van der Waals surface area (Å²) in [6.07, 6.45) is 0.618. The molecule has 2 N–H and O–H groups in total. The summed E-state index contributed by atoms with van der Waals surface area (Å²) in [6, 6.07) is 11.1. The first kappa shape index (κ1) is 25.3. The molecule has 2 aliphatic heterocycles. The van der Waals surface area contributed by atoms with E-state index in [1.54, 1.807) is 24.3 Å². The summed E-state index contributed by atoms with van der Waals surface area (Å²) in [5.41, 5.74) is 1.90. The number of thiazole rings is 1. The number of anilines is 1. The molecule has 1 fully saturated rings. The normalized spacial score (nSPS) is 19.9. The van der Waals surface area contributed by atoms with Crippen molar-refractivity contribution in [3.05, 3.63) is 81.1 Å². The van der Waals surface area contributed by atoms with Gasteiger partial charge >= 0.3 is 5.91 Å². The summed E-state index contributed by atoms with van der Waals surface area (Å²) in [7, 11) is 1.37. The molecule has 39 heavy (non-hydrogen) atoms. The van der Waals surface area contributed by atoms with Crippen LogP contribution in [0.15, 0.2) is 58.6 Å². The topological polar surface area (TPSA) is 109 Å². The fourth-order valence-electron chi connectivity index (χ4n) is 4.97. The van der Waals surface area contributed by atoms with Gasteiger partial charge in [0.2, 0.25) is 0 Å². The zero-order chi connectivity index (χ0) is 27.6. The summed E-state index contributed by atoms with van der Waals surface area (Å²) in [5, 5.41) is 22.1. The molecule has 1 saturated heterocycles. The maximum atomic E-state index is 13.9. The molecule has 0 radical (unpaired) electrons. The molecule has 4 aromatic rings. The van der Waals surface area contributed by atoms with Gasteiger partial charge in [0.25, 0.3) is 5.78 Å². The number of hydrogen-bond acceptors (Lipinski definition) is 8. The number of aromatic hydroxyl groups is 1. The average molecular weight is 611 g/mol. The van der Waals surface area contributed by atoms with Gasteiger partial charge in [-0.25, -0.2) is 9.37 Å². The highest BCUT2D eigenvalue weighted by atomic mass is 79.9. The lowest BCUT2D eigenvalue weighted by atomic mass is 9.94. The van der Waals surface area contributed by atoms with Crippen LogP contribution < -0.4 is 14.4 Å². The number of methoxy groups -OCH3 is 1. The van der Waals surface area contributed by atoms with Crippen molar-refractivity contribution in [3.8, 4) is 17.2 Å². The summed E-state index contributed by atoms with van der Waals surface area (Å²) in [6.45, 7) is 1.94. The van der Waals surface area contributed by atoms with E-state index in [0.717, 1.165) is 16.9 Å². The zero-order valence-corrected chi connectivity index (χ0v) is 23.0. The van der Waals surface area contributed by atoms with Crippen LogP contribution in [0.25, 0.3) is 16.0 Å².